The van der Waals surface area contributed by atoms with Crippen molar-refractivity contribution in [2.24, 2.45) is 5.92 Å². The Morgan fingerprint density at radius 3 is 2.43 bits per heavy atom. The van der Waals surface area contributed by atoms with Crippen LogP contribution in [0.5, 0.6) is 0 Å². The van der Waals surface area contributed by atoms with E-state index in [-0.39, 0.29) is 18.0 Å². The second kappa shape index (κ2) is 6.03. The lowest BCUT2D eigenvalue weighted by molar-refractivity contribution is -0.141. The number of carboxylic acid groups (broad SMARTS) is 1. The lowest BCUT2D eigenvalue weighted by Crippen LogP contribution is -2.34. The largest absolute Gasteiger partial charge is 0.481 e. The van der Waals surface area contributed by atoms with Gasteiger partial charge >= 0.3 is 5.97 Å². The lowest BCUT2D eigenvalue weighted by atomic mass is 10.1. The number of aliphatic carboxylic acids is 1. The summed E-state index contributed by atoms with van der Waals surface area (Å²) in [6, 6.07) is 5.56. The molecule has 2 rings (SSSR count). The molecule has 1 atom stereocenters. The van der Waals surface area contributed by atoms with E-state index in [2.05, 4.69) is 0 Å². The number of rotatable bonds is 4. The summed E-state index contributed by atoms with van der Waals surface area (Å²) < 4.78 is 24.2. The fourth-order valence-corrected chi connectivity index (χ4v) is 3.52. The Morgan fingerprint density at radius 2 is 1.90 bits per heavy atom. The summed E-state index contributed by atoms with van der Waals surface area (Å²) in [5, 5.41) is 9.29. The Kier molecular flexibility index (Phi) is 4.53. The number of nitrogens with zero attached hydrogens (tertiary/aromatic N) is 1. The minimum absolute atomic E-state index is 0.0224. The number of carbonyl (C=O) groups excluding carboxylic acids is 1. The normalized spacial score (nSPS) is 18.7. The minimum Gasteiger partial charge on any atom is -0.481 e. The van der Waals surface area contributed by atoms with Gasteiger partial charge in [0, 0.05) is 18.1 Å². The van der Waals surface area contributed by atoms with E-state index in [1.54, 1.807) is 0 Å². The van der Waals surface area contributed by atoms with Gasteiger partial charge in [-0.1, -0.05) is 11.6 Å². The number of hydrogen-bond donors (Lipinski definition) is 1. The van der Waals surface area contributed by atoms with E-state index in [1.165, 1.54) is 29.2 Å². The Morgan fingerprint density at radius 1 is 1.29 bits per heavy atom. The maximum absolute atomic E-state index is 12.1. The molecule has 1 aromatic carbocycles. The molecular formula is C13H14ClNO5S. The van der Waals surface area contributed by atoms with E-state index in [9.17, 15) is 18.0 Å². The van der Waals surface area contributed by atoms with Crippen LogP contribution in [-0.2, 0) is 19.4 Å². The molecule has 8 heteroatoms. The average molecular weight is 332 g/mol. The molecule has 0 unspecified atom stereocenters. The van der Waals surface area contributed by atoms with E-state index in [4.69, 9.17) is 16.7 Å². The minimum atomic E-state index is -3.75. The van der Waals surface area contributed by atoms with Crippen molar-refractivity contribution in [3.05, 3.63) is 29.3 Å². The van der Waals surface area contributed by atoms with E-state index in [0.717, 1.165) is 0 Å². The molecule has 1 amide bonds. The molecule has 0 aliphatic carbocycles. The molecule has 114 valence electrons. The number of benzene rings is 1. The van der Waals surface area contributed by atoms with Crippen LogP contribution in [0.3, 0.4) is 0 Å². The van der Waals surface area contributed by atoms with E-state index in [0.29, 0.717) is 11.4 Å². The zero-order valence-corrected chi connectivity index (χ0v) is 12.6. The predicted octanol–water partition coefficient (Wildman–Crippen LogP) is 1.05. The second-order valence-corrected chi connectivity index (χ2v) is 7.30. The van der Waals surface area contributed by atoms with Gasteiger partial charge in [-0.2, -0.15) is 0 Å². The molecule has 1 N–H and O–H groups in total. The lowest BCUT2D eigenvalue weighted by Gasteiger charge is -2.15. The van der Waals surface area contributed by atoms with Gasteiger partial charge in [0.25, 0.3) is 0 Å². The van der Waals surface area contributed by atoms with Crippen LogP contribution in [0, 0.1) is 5.92 Å². The number of halogens is 1. The van der Waals surface area contributed by atoms with Crippen molar-refractivity contribution in [2.75, 3.05) is 18.8 Å². The van der Waals surface area contributed by atoms with E-state index in [1.807, 2.05) is 0 Å². The van der Waals surface area contributed by atoms with Gasteiger partial charge in [-0.15, -0.1) is 0 Å². The first-order chi connectivity index (χ1) is 9.79. The van der Waals surface area contributed by atoms with Gasteiger partial charge in [-0.05, 0) is 30.7 Å². The molecule has 0 saturated carbocycles. The molecular weight excluding hydrogens is 318 g/mol. The van der Waals surface area contributed by atoms with Gasteiger partial charge in [-0.3, -0.25) is 9.59 Å². The van der Waals surface area contributed by atoms with Gasteiger partial charge in [0.15, 0.2) is 9.84 Å². The van der Waals surface area contributed by atoms with Crippen molar-refractivity contribution in [3.8, 4) is 0 Å². The third-order valence-corrected chi connectivity index (χ3v) is 5.25. The van der Waals surface area contributed by atoms with Gasteiger partial charge < -0.3 is 10.0 Å². The van der Waals surface area contributed by atoms with Crippen molar-refractivity contribution in [1.82, 2.24) is 4.90 Å². The predicted molar refractivity (Wildman–Crippen MR) is 75.8 cm³/mol. The number of sulfone groups is 1. The summed E-state index contributed by atoms with van der Waals surface area (Å²) in [6.45, 7) is 0.330. The third kappa shape index (κ3) is 3.74. The molecule has 0 spiro atoms. The quantitative estimate of drug-likeness (QED) is 0.890. The van der Waals surface area contributed by atoms with Gasteiger partial charge in [0.1, 0.15) is 5.75 Å². The molecule has 6 nitrogen and oxygen atoms in total. The molecule has 0 bridgehead atoms. The molecule has 1 fully saturated rings. The van der Waals surface area contributed by atoms with Crippen molar-refractivity contribution >= 4 is 33.3 Å². The maximum atomic E-state index is 12.1. The molecule has 0 radical (unpaired) electrons. The molecule has 0 aromatic heterocycles. The van der Waals surface area contributed by atoms with Crippen LogP contribution in [-0.4, -0.2) is 49.1 Å². The van der Waals surface area contributed by atoms with E-state index >= 15 is 0 Å². The van der Waals surface area contributed by atoms with Crippen molar-refractivity contribution < 1.29 is 23.1 Å². The number of amides is 1. The van der Waals surface area contributed by atoms with E-state index < -0.39 is 33.4 Å². The Labute approximate surface area is 127 Å². The van der Waals surface area contributed by atoms with Gasteiger partial charge in [0.05, 0.1) is 10.8 Å². The summed E-state index contributed by atoms with van der Waals surface area (Å²) in [7, 11) is -3.75. The second-order valence-electron chi connectivity index (χ2n) is 4.88. The molecule has 21 heavy (non-hydrogen) atoms. The highest BCUT2D eigenvalue weighted by Gasteiger charge is 2.32. The van der Waals surface area contributed by atoms with Crippen molar-refractivity contribution in [3.63, 3.8) is 0 Å². The third-order valence-electron chi connectivity index (χ3n) is 3.38. The highest BCUT2D eigenvalue weighted by Crippen LogP contribution is 2.19. The van der Waals surface area contributed by atoms with Crippen molar-refractivity contribution in [2.45, 2.75) is 11.3 Å². The molecule has 1 aliphatic rings. The molecule has 1 saturated heterocycles. The molecule has 1 aliphatic heterocycles. The zero-order valence-electron chi connectivity index (χ0n) is 11.0. The maximum Gasteiger partial charge on any atom is 0.308 e. The number of carboxylic acids is 1. The summed E-state index contributed by atoms with van der Waals surface area (Å²) in [5.74, 6) is -2.83. The van der Waals surface area contributed by atoms with Gasteiger partial charge in [0.2, 0.25) is 5.91 Å². The highest BCUT2D eigenvalue weighted by atomic mass is 35.5. The monoisotopic (exact) mass is 331 g/mol. The standard InChI is InChI=1S/C13H14ClNO5S/c14-10-1-3-11(4-2-10)21(19,20)8-12(16)15-6-5-9(7-15)13(17)18/h1-4,9H,5-8H2,(H,17,18)/t9-/m0/s1. The smallest absolute Gasteiger partial charge is 0.308 e. The number of likely N-dealkylation sites (tertiary alicyclic amines) is 1. The zero-order chi connectivity index (χ0) is 15.6. The first-order valence-electron chi connectivity index (χ1n) is 6.28. The number of hydrogen-bond acceptors (Lipinski definition) is 4. The fourth-order valence-electron chi connectivity index (χ4n) is 2.17. The summed E-state index contributed by atoms with van der Waals surface area (Å²) in [4.78, 5) is 24.1. The van der Waals surface area contributed by atoms with Crippen LogP contribution in [0.2, 0.25) is 5.02 Å². The molecule has 1 heterocycles. The fraction of sp³-hybridized carbons (Fsp3) is 0.385. The summed E-state index contributed by atoms with van der Waals surface area (Å²) >= 11 is 5.69. The molecule has 1 aromatic rings. The van der Waals surface area contributed by atoms with Crippen LogP contribution in [0.4, 0.5) is 0 Å². The van der Waals surface area contributed by atoms with Crippen LogP contribution in [0.15, 0.2) is 29.2 Å². The summed E-state index contributed by atoms with van der Waals surface area (Å²) in [6.07, 6.45) is 0.349. The van der Waals surface area contributed by atoms with Crippen LogP contribution < -0.4 is 0 Å². The highest BCUT2D eigenvalue weighted by molar-refractivity contribution is 7.92. The Balaban J connectivity index is 2.05. The number of carbonyl (C=O) groups is 2. The van der Waals surface area contributed by atoms with Crippen LogP contribution >= 0.6 is 11.6 Å². The first kappa shape index (κ1) is 15.8. The Hall–Kier alpha value is -1.60. The first-order valence-corrected chi connectivity index (χ1v) is 8.31. The SMILES string of the molecule is O=C(O)[C@H]1CCN(C(=O)CS(=O)(=O)c2ccc(Cl)cc2)C1. The average Bonchev–Trinajstić information content (AvgIpc) is 2.88. The van der Waals surface area contributed by atoms with Crippen LogP contribution in [0.25, 0.3) is 0 Å². The van der Waals surface area contributed by atoms with Crippen LogP contribution in [0.1, 0.15) is 6.42 Å². The van der Waals surface area contributed by atoms with Gasteiger partial charge in [-0.25, -0.2) is 8.42 Å². The topological polar surface area (TPSA) is 91.8 Å². The van der Waals surface area contributed by atoms with Crippen molar-refractivity contribution in [1.29, 1.82) is 0 Å². The Bertz CT molecular complexity index is 656. The summed E-state index contributed by atoms with van der Waals surface area (Å²) in [5.41, 5.74) is 0.